The Bertz CT molecular complexity index is 1020. The SMILES string of the molecule is CC(=O)[C@@]1(N)CCc2c(O)c3c(c(O)c2C1)C(=O)c1ccccc1C3=O. The van der Waals surface area contributed by atoms with Gasteiger partial charge in [0.05, 0.1) is 16.7 Å². The number of carbonyl (C=O) groups excluding carboxylic acids is 3. The fraction of sp³-hybridized carbons (Fsp3) is 0.250. The van der Waals surface area contributed by atoms with Gasteiger partial charge in [0.2, 0.25) is 0 Å². The van der Waals surface area contributed by atoms with Gasteiger partial charge in [0.1, 0.15) is 17.3 Å². The van der Waals surface area contributed by atoms with Crippen LogP contribution in [-0.2, 0) is 17.6 Å². The highest BCUT2D eigenvalue weighted by molar-refractivity contribution is 6.30. The number of ketones is 3. The molecule has 0 aromatic heterocycles. The van der Waals surface area contributed by atoms with Gasteiger partial charge in [0.15, 0.2) is 11.6 Å². The van der Waals surface area contributed by atoms with E-state index in [1.807, 2.05) is 0 Å². The van der Waals surface area contributed by atoms with Crippen LogP contribution < -0.4 is 5.73 Å². The van der Waals surface area contributed by atoms with Crippen molar-refractivity contribution in [1.29, 1.82) is 0 Å². The van der Waals surface area contributed by atoms with Crippen LogP contribution in [0.25, 0.3) is 0 Å². The summed E-state index contributed by atoms with van der Waals surface area (Å²) in [7, 11) is 0. The Kier molecular flexibility index (Phi) is 3.33. The van der Waals surface area contributed by atoms with E-state index in [0.29, 0.717) is 12.0 Å². The number of benzene rings is 2. The molecule has 0 fully saturated rings. The molecule has 6 nitrogen and oxygen atoms in total. The first-order valence-corrected chi connectivity index (χ1v) is 8.34. The molecule has 132 valence electrons. The third kappa shape index (κ3) is 1.99. The highest BCUT2D eigenvalue weighted by Crippen LogP contribution is 2.46. The van der Waals surface area contributed by atoms with Crippen molar-refractivity contribution >= 4 is 17.3 Å². The maximum Gasteiger partial charge on any atom is 0.198 e. The van der Waals surface area contributed by atoms with E-state index >= 15 is 0 Å². The number of nitrogens with two attached hydrogens (primary N) is 1. The lowest BCUT2D eigenvalue weighted by atomic mass is 9.72. The number of phenols is 2. The highest BCUT2D eigenvalue weighted by atomic mass is 16.3. The standard InChI is InChI=1S/C20H17NO5/c1-9(22)20(21)7-6-12-13(8-20)19(26)15-14(18(12)25)16(23)10-4-2-3-5-11(10)17(15)24/h2-5,25-26H,6-8,21H2,1H3/t20-/m1/s1. The summed E-state index contributed by atoms with van der Waals surface area (Å²) < 4.78 is 0. The number of hydrogen-bond acceptors (Lipinski definition) is 6. The molecule has 0 saturated carbocycles. The highest BCUT2D eigenvalue weighted by Gasteiger charge is 2.42. The minimum Gasteiger partial charge on any atom is -0.507 e. The van der Waals surface area contributed by atoms with Gasteiger partial charge in [-0.2, -0.15) is 0 Å². The average Bonchev–Trinajstić information content (AvgIpc) is 2.62. The van der Waals surface area contributed by atoms with Gasteiger partial charge in [-0.05, 0) is 19.8 Å². The summed E-state index contributed by atoms with van der Waals surface area (Å²) in [5.41, 5.74) is 5.65. The average molecular weight is 351 g/mol. The molecule has 0 radical (unpaired) electrons. The van der Waals surface area contributed by atoms with Crippen LogP contribution in [0.2, 0.25) is 0 Å². The van der Waals surface area contributed by atoms with E-state index in [1.165, 1.54) is 19.1 Å². The molecule has 6 heteroatoms. The molecule has 0 spiro atoms. The second kappa shape index (κ2) is 5.25. The molecule has 0 aliphatic heterocycles. The third-order valence-electron chi connectivity index (χ3n) is 5.54. The van der Waals surface area contributed by atoms with Gasteiger partial charge in [0.25, 0.3) is 0 Å². The van der Waals surface area contributed by atoms with Gasteiger partial charge in [0, 0.05) is 28.7 Å². The first kappa shape index (κ1) is 16.5. The van der Waals surface area contributed by atoms with Crippen LogP contribution in [0.1, 0.15) is 56.3 Å². The summed E-state index contributed by atoms with van der Waals surface area (Å²) in [6.07, 6.45) is 0.536. The Balaban J connectivity index is 2.00. The number of rotatable bonds is 1. The summed E-state index contributed by atoms with van der Waals surface area (Å²) in [6, 6.07) is 6.30. The number of Topliss-reactive ketones (excluding diaryl/α,β-unsaturated/α-hetero) is 1. The van der Waals surface area contributed by atoms with Gasteiger partial charge in [-0.1, -0.05) is 24.3 Å². The second-order valence-corrected chi connectivity index (χ2v) is 7.00. The molecule has 0 bridgehead atoms. The fourth-order valence-electron chi connectivity index (χ4n) is 3.93. The molecule has 26 heavy (non-hydrogen) atoms. The fourth-order valence-corrected chi connectivity index (χ4v) is 3.93. The van der Waals surface area contributed by atoms with Gasteiger partial charge in [-0.25, -0.2) is 0 Å². The first-order valence-electron chi connectivity index (χ1n) is 8.34. The predicted molar refractivity (Wildman–Crippen MR) is 92.7 cm³/mol. The van der Waals surface area contributed by atoms with Crippen molar-refractivity contribution in [3.63, 3.8) is 0 Å². The smallest absolute Gasteiger partial charge is 0.198 e. The summed E-state index contributed by atoms with van der Waals surface area (Å²) in [5, 5.41) is 21.5. The van der Waals surface area contributed by atoms with Crippen LogP contribution in [0.15, 0.2) is 24.3 Å². The summed E-state index contributed by atoms with van der Waals surface area (Å²) in [4.78, 5) is 37.6. The number of aromatic hydroxyl groups is 2. The summed E-state index contributed by atoms with van der Waals surface area (Å²) in [5.74, 6) is -1.92. The van der Waals surface area contributed by atoms with Gasteiger partial charge >= 0.3 is 0 Å². The van der Waals surface area contributed by atoms with Crippen molar-refractivity contribution in [2.24, 2.45) is 5.73 Å². The largest absolute Gasteiger partial charge is 0.507 e. The van der Waals surface area contributed by atoms with E-state index in [1.54, 1.807) is 12.1 Å². The molecular formula is C20H17NO5. The molecule has 0 unspecified atom stereocenters. The van der Waals surface area contributed by atoms with E-state index in [9.17, 15) is 24.6 Å². The molecular weight excluding hydrogens is 334 g/mol. The number of fused-ring (bicyclic) bond motifs is 3. The second-order valence-electron chi connectivity index (χ2n) is 7.00. The number of phenolic OH excluding ortho intramolecular Hbond substituents is 2. The van der Waals surface area contributed by atoms with Gasteiger partial charge in [-0.3, -0.25) is 14.4 Å². The zero-order chi connectivity index (χ0) is 18.8. The molecule has 4 rings (SSSR count). The van der Waals surface area contributed by atoms with Crippen molar-refractivity contribution in [3.8, 4) is 11.5 Å². The van der Waals surface area contributed by atoms with Crippen LogP contribution in [0.3, 0.4) is 0 Å². The zero-order valence-corrected chi connectivity index (χ0v) is 14.1. The Labute approximate surface area is 149 Å². The Morgan fingerprint density at radius 2 is 1.50 bits per heavy atom. The topological polar surface area (TPSA) is 118 Å². The van der Waals surface area contributed by atoms with E-state index < -0.39 is 17.1 Å². The molecule has 2 aromatic rings. The van der Waals surface area contributed by atoms with Crippen molar-refractivity contribution in [3.05, 3.63) is 57.6 Å². The maximum atomic E-state index is 12.9. The van der Waals surface area contributed by atoms with E-state index in [4.69, 9.17) is 5.73 Å². The molecule has 0 heterocycles. The minimum atomic E-state index is -1.16. The van der Waals surface area contributed by atoms with Crippen molar-refractivity contribution in [2.75, 3.05) is 0 Å². The maximum absolute atomic E-state index is 12.9. The quantitative estimate of drug-likeness (QED) is 0.574. The molecule has 4 N–H and O–H groups in total. The number of carbonyl (C=O) groups is 3. The van der Waals surface area contributed by atoms with E-state index in [2.05, 4.69) is 0 Å². The monoisotopic (exact) mass is 351 g/mol. The van der Waals surface area contributed by atoms with E-state index in [-0.39, 0.29) is 57.9 Å². The summed E-state index contributed by atoms with van der Waals surface area (Å²) >= 11 is 0. The molecule has 2 aliphatic rings. The molecule has 0 saturated heterocycles. The number of hydrogen-bond donors (Lipinski definition) is 3. The molecule has 2 aromatic carbocycles. The summed E-state index contributed by atoms with van der Waals surface area (Å²) in [6.45, 7) is 1.38. The van der Waals surface area contributed by atoms with Crippen LogP contribution in [-0.4, -0.2) is 33.1 Å². The normalized spacial score (nSPS) is 21.0. The van der Waals surface area contributed by atoms with Gasteiger partial charge in [-0.15, -0.1) is 0 Å². The third-order valence-corrected chi connectivity index (χ3v) is 5.54. The Morgan fingerprint density at radius 1 is 1.00 bits per heavy atom. The van der Waals surface area contributed by atoms with Crippen LogP contribution >= 0.6 is 0 Å². The lowest BCUT2D eigenvalue weighted by molar-refractivity contribution is -0.122. The molecule has 2 aliphatic carbocycles. The Morgan fingerprint density at radius 3 is 2.00 bits per heavy atom. The van der Waals surface area contributed by atoms with Crippen molar-refractivity contribution < 1.29 is 24.6 Å². The van der Waals surface area contributed by atoms with Crippen molar-refractivity contribution in [2.45, 2.75) is 31.7 Å². The van der Waals surface area contributed by atoms with Crippen LogP contribution in [0.4, 0.5) is 0 Å². The molecule has 0 amide bonds. The predicted octanol–water partition coefficient (Wildman–Crippen LogP) is 1.65. The Hall–Kier alpha value is -2.99. The lowest BCUT2D eigenvalue weighted by Crippen LogP contribution is -2.51. The molecule has 1 atom stereocenters. The minimum absolute atomic E-state index is 0.00740. The van der Waals surface area contributed by atoms with Crippen LogP contribution in [0, 0.1) is 0 Å². The van der Waals surface area contributed by atoms with E-state index in [0.717, 1.165) is 0 Å². The first-order chi connectivity index (χ1) is 12.3. The lowest BCUT2D eigenvalue weighted by Gasteiger charge is -2.34. The zero-order valence-electron chi connectivity index (χ0n) is 14.1. The van der Waals surface area contributed by atoms with Crippen molar-refractivity contribution in [1.82, 2.24) is 0 Å². The van der Waals surface area contributed by atoms with Gasteiger partial charge < -0.3 is 15.9 Å². The van der Waals surface area contributed by atoms with Crippen LogP contribution in [0.5, 0.6) is 11.5 Å².